The summed E-state index contributed by atoms with van der Waals surface area (Å²) in [6, 6.07) is 0. The van der Waals surface area contributed by atoms with E-state index in [0.717, 1.165) is 0 Å². The summed E-state index contributed by atoms with van der Waals surface area (Å²) in [7, 11) is 0. The van der Waals surface area contributed by atoms with Gasteiger partial charge in [-0.25, -0.2) is 0 Å². The zero-order chi connectivity index (χ0) is 8.69. The number of unbranched alkanes of at least 4 members (excludes halogenated alkanes) is 1. The molecular weight excluding hydrogens is 150 g/mol. The van der Waals surface area contributed by atoms with E-state index in [9.17, 15) is 10.1 Å². The van der Waals surface area contributed by atoms with E-state index in [4.69, 9.17) is 5.11 Å². The Morgan fingerprint density at radius 1 is 1.55 bits per heavy atom. The zero-order valence-corrected chi connectivity index (χ0v) is 6.28. The van der Waals surface area contributed by atoms with E-state index in [-0.39, 0.29) is 6.42 Å². The Bertz CT molecular complexity index is 117. The first-order valence-corrected chi connectivity index (χ1v) is 3.50. The predicted molar refractivity (Wildman–Crippen MR) is 34.6 cm³/mol. The summed E-state index contributed by atoms with van der Waals surface area (Å²) in [4.78, 5) is 13.7. The van der Waals surface area contributed by atoms with E-state index in [1.165, 1.54) is 0 Å². The lowest BCUT2D eigenvalue weighted by Crippen LogP contribution is -2.61. The smallest absolute Gasteiger partial charge is 0.303 e. The third-order valence-electron chi connectivity index (χ3n) is 1.30. The Kier molecular flexibility index (Phi) is 5.73. The molecule has 4 N–H and O–H groups in total. The molecule has 11 heavy (non-hydrogen) atoms. The van der Waals surface area contributed by atoms with E-state index in [0.29, 0.717) is 19.3 Å². The van der Waals surface area contributed by atoms with E-state index in [2.05, 4.69) is 10.6 Å². The van der Waals surface area contributed by atoms with Crippen molar-refractivity contribution >= 4 is 5.97 Å². The fourth-order valence-electron chi connectivity index (χ4n) is 0.696. The van der Waals surface area contributed by atoms with Crippen molar-refractivity contribution in [1.82, 2.24) is 0 Å². The lowest BCUT2D eigenvalue weighted by molar-refractivity contribution is -0.567. The Morgan fingerprint density at radius 2 is 2.18 bits per heavy atom. The molecule has 0 aromatic heterocycles. The topological polar surface area (TPSA) is 94.1 Å². The average molecular weight is 163 g/mol. The average Bonchev–Trinajstić information content (AvgIpc) is 1.97. The largest absolute Gasteiger partial charge is 0.481 e. The van der Waals surface area contributed by atoms with Crippen LogP contribution in [0.3, 0.4) is 0 Å². The van der Waals surface area contributed by atoms with Crippen LogP contribution in [0.15, 0.2) is 0 Å². The summed E-state index contributed by atoms with van der Waals surface area (Å²) in [6.45, 7) is 0. The SMILES string of the molecule is [NH3+]C(CCCCC(=O)O)O[O]. The van der Waals surface area contributed by atoms with Crippen molar-refractivity contribution in [3.05, 3.63) is 0 Å². The quantitative estimate of drug-likeness (QED) is 0.240. The molecule has 0 saturated carbocycles. The van der Waals surface area contributed by atoms with Gasteiger partial charge in [-0.2, -0.15) is 0 Å². The molecule has 0 spiro atoms. The van der Waals surface area contributed by atoms with Gasteiger partial charge in [0.2, 0.25) is 6.23 Å². The lowest BCUT2D eigenvalue weighted by atomic mass is 10.2. The van der Waals surface area contributed by atoms with E-state index in [1.807, 2.05) is 0 Å². The molecule has 0 aliphatic rings. The number of carboxylic acid groups (broad SMARTS) is 1. The molecule has 0 bridgehead atoms. The molecule has 5 heteroatoms. The summed E-state index contributed by atoms with van der Waals surface area (Å²) >= 11 is 0. The highest BCUT2D eigenvalue weighted by Crippen LogP contribution is 2.01. The van der Waals surface area contributed by atoms with Crippen LogP contribution >= 0.6 is 0 Å². The zero-order valence-electron chi connectivity index (χ0n) is 6.28. The van der Waals surface area contributed by atoms with Gasteiger partial charge in [-0.3, -0.25) is 4.79 Å². The van der Waals surface area contributed by atoms with Crippen LogP contribution in [-0.2, 0) is 14.9 Å². The summed E-state index contributed by atoms with van der Waals surface area (Å²) in [5.74, 6) is -0.811. The summed E-state index contributed by atoms with van der Waals surface area (Å²) in [6.07, 6.45) is 1.36. The van der Waals surface area contributed by atoms with Crippen LogP contribution in [0.5, 0.6) is 0 Å². The first-order valence-electron chi connectivity index (χ1n) is 3.50. The Balaban J connectivity index is 3.08. The summed E-state index contributed by atoms with van der Waals surface area (Å²) in [5, 5.41) is 17.9. The second-order valence-corrected chi connectivity index (χ2v) is 2.36. The Morgan fingerprint density at radius 3 is 2.64 bits per heavy atom. The van der Waals surface area contributed by atoms with Gasteiger partial charge in [0.05, 0.1) is 0 Å². The Labute approximate surface area is 64.7 Å². The van der Waals surface area contributed by atoms with Crippen LogP contribution in [0.1, 0.15) is 25.7 Å². The third kappa shape index (κ3) is 7.24. The van der Waals surface area contributed by atoms with Crippen LogP contribution in [0, 0.1) is 0 Å². The standard InChI is InChI=1S/C6H12NO4/c7-5(11-10)3-1-2-4-6(8)9/h5H,1-4,7H2,(H,8,9)/p+1. The van der Waals surface area contributed by atoms with Crippen LogP contribution in [0.4, 0.5) is 0 Å². The second kappa shape index (κ2) is 6.09. The van der Waals surface area contributed by atoms with Crippen molar-refractivity contribution in [3.63, 3.8) is 0 Å². The second-order valence-electron chi connectivity index (χ2n) is 2.36. The molecule has 65 valence electrons. The van der Waals surface area contributed by atoms with Crippen molar-refractivity contribution < 1.29 is 25.8 Å². The molecule has 0 rings (SSSR count). The van der Waals surface area contributed by atoms with Gasteiger partial charge in [-0.15, -0.1) is 4.89 Å². The maximum absolute atomic E-state index is 10.0. The minimum atomic E-state index is -0.811. The molecule has 0 fully saturated rings. The van der Waals surface area contributed by atoms with Gasteiger partial charge in [0, 0.05) is 12.8 Å². The fraction of sp³-hybridized carbons (Fsp3) is 0.833. The number of hydrogen-bond donors (Lipinski definition) is 2. The molecule has 0 aromatic carbocycles. The fourth-order valence-corrected chi connectivity index (χ4v) is 0.696. The first kappa shape index (κ1) is 10.3. The minimum absolute atomic E-state index is 0.144. The van der Waals surface area contributed by atoms with Crippen molar-refractivity contribution in [3.8, 4) is 0 Å². The van der Waals surface area contributed by atoms with Gasteiger partial charge in [-0.05, 0) is 18.1 Å². The van der Waals surface area contributed by atoms with Crippen LogP contribution in [0.2, 0.25) is 0 Å². The van der Waals surface area contributed by atoms with Crippen LogP contribution in [-0.4, -0.2) is 17.3 Å². The molecule has 1 atom stereocenters. The van der Waals surface area contributed by atoms with E-state index >= 15 is 0 Å². The molecular formula is C6H13NO4+. The highest BCUT2D eigenvalue weighted by molar-refractivity contribution is 5.66. The maximum Gasteiger partial charge on any atom is 0.303 e. The van der Waals surface area contributed by atoms with Crippen LogP contribution < -0.4 is 5.73 Å². The van der Waals surface area contributed by atoms with Crippen molar-refractivity contribution in [2.24, 2.45) is 0 Å². The number of quaternary nitrogens is 1. The minimum Gasteiger partial charge on any atom is -0.481 e. The lowest BCUT2D eigenvalue weighted by Gasteiger charge is -2.00. The van der Waals surface area contributed by atoms with Crippen LogP contribution in [0.25, 0.3) is 0 Å². The van der Waals surface area contributed by atoms with Gasteiger partial charge in [-0.1, -0.05) is 0 Å². The highest BCUT2D eigenvalue weighted by Gasteiger charge is 2.05. The summed E-state index contributed by atoms with van der Waals surface area (Å²) in [5.41, 5.74) is 3.39. The normalized spacial score (nSPS) is 12.9. The Hall–Kier alpha value is -0.650. The predicted octanol–water partition coefficient (Wildman–Crippen LogP) is -0.439. The van der Waals surface area contributed by atoms with Gasteiger partial charge in [0.1, 0.15) is 0 Å². The molecule has 0 aliphatic heterocycles. The number of rotatable bonds is 6. The highest BCUT2D eigenvalue weighted by atomic mass is 17.1. The van der Waals surface area contributed by atoms with Gasteiger partial charge in [0.15, 0.2) is 0 Å². The number of carbonyl (C=O) groups is 1. The number of carboxylic acids is 1. The van der Waals surface area contributed by atoms with E-state index in [1.54, 1.807) is 0 Å². The van der Waals surface area contributed by atoms with Gasteiger partial charge >= 0.3 is 5.97 Å². The van der Waals surface area contributed by atoms with E-state index < -0.39 is 12.2 Å². The molecule has 5 nitrogen and oxygen atoms in total. The molecule has 1 radical (unpaired) electrons. The monoisotopic (exact) mass is 163 g/mol. The van der Waals surface area contributed by atoms with Gasteiger partial charge in [0.25, 0.3) is 0 Å². The molecule has 0 aromatic rings. The molecule has 0 heterocycles. The molecule has 0 aliphatic carbocycles. The first-order chi connectivity index (χ1) is 5.16. The third-order valence-corrected chi connectivity index (χ3v) is 1.30. The van der Waals surface area contributed by atoms with Gasteiger partial charge < -0.3 is 10.8 Å². The number of aliphatic carboxylic acids is 1. The van der Waals surface area contributed by atoms with Crippen molar-refractivity contribution in [2.75, 3.05) is 0 Å². The molecule has 0 saturated heterocycles. The summed E-state index contributed by atoms with van der Waals surface area (Å²) < 4.78 is 0. The molecule has 0 amide bonds. The maximum atomic E-state index is 10.0. The molecule has 1 unspecified atom stereocenters. The van der Waals surface area contributed by atoms with Crippen molar-refractivity contribution in [2.45, 2.75) is 31.9 Å². The van der Waals surface area contributed by atoms with Crippen molar-refractivity contribution in [1.29, 1.82) is 0 Å². The number of hydrogen-bond acceptors (Lipinski definition) is 2.